The maximum absolute atomic E-state index is 5.43. The molecule has 0 aromatic heterocycles. The number of nitrogens with one attached hydrogen (secondary N) is 1. The molecule has 1 atom stereocenters. The van der Waals surface area contributed by atoms with Crippen LogP contribution in [0.2, 0.25) is 0 Å². The smallest absolute Gasteiger partial charge is 0.0620 e. The summed E-state index contributed by atoms with van der Waals surface area (Å²) in [5.74, 6) is 1.03. The number of ether oxygens (including phenoxy) is 1. The molecule has 0 aromatic carbocycles. The van der Waals surface area contributed by atoms with Crippen LogP contribution in [0.4, 0.5) is 0 Å². The molecule has 1 aliphatic heterocycles. The van der Waals surface area contributed by atoms with E-state index in [1.54, 1.807) is 0 Å². The molecule has 76 valence electrons. The van der Waals surface area contributed by atoms with Gasteiger partial charge in [0.1, 0.15) is 0 Å². The van der Waals surface area contributed by atoms with Crippen LogP contribution in [0.3, 0.4) is 0 Å². The second-order valence-electron chi connectivity index (χ2n) is 4.45. The zero-order valence-corrected chi connectivity index (χ0v) is 8.43. The van der Waals surface area contributed by atoms with Crippen molar-refractivity contribution in [1.29, 1.82) is 0 Å². The number of hydrogen-bond donors (Lipinski definition) is 1. The number of hydrogen-bond acceptors (Lipinski definition) is 2. The summed E-state index contributed by atoms with van der Waals surface area (Å²) in [5.41, 5.74) is 0. The van der Waals surface area contributed by atoms with Crippen molar-refractivity contribution in [2.45, 2.75) is 44.6 Å². The minimum atomic E-state index is 0.648. The molecule has 13 heavy (non-hydrogen) atoms. The lowest BCUT2D eigenvalue weighted by Gasteiger charge is -2.24. The van der Waals surface area contributed by atoms with E-state index in [1.807, 2.05) is 0 Å². The predicted octanol–water partition coefficient (Wildman–Crippen LogP) is 1.95. The van der Waals surface area contributed by atoms with E-state index in [9.17, 15) is 0 Å². The predicted molar refractivity (Wildman–Crippen MR) is 53.8 cm³/mol. The Bertz CT molecular complexity index is 137. The van der Waals surface area contributed by atoms with Gasteiger partial charge in [-0.1, -0.05) is 25.7 Å². The standard InChI is InChI=1S/C11H21NO/c1-2-4-10(3-1)5-6-11-9-13-8-7-12-11/h10-12H,1-9H2. The van der Waals surface area contributed by atoms with Crippen molar-refractivity contribution >= 4 is 0 Å². The van der Waals surface area contributed by atoms with Crippen LogP contribution in [0.15, 0.2) is 0 Å². The molecule has 1 saturated carbocycles. The van der Waals surface area contributed by atoms with Gasteiger partial charge in [-0.15, -0.1) is 0 Å². The number of rotatable bonds is 3. The van der Waals surface area contributed by atoms with E-state index in [4.69, 9.17) is 4.74 Å². The molecule has 2 heteroatoms. The monoisotopic (exact) mass is 183 g/mol. The largest absolute Gasteiger partial charge is 0.379 e. The zero-order valence-electron chi connectivity index (χ0n) is 8.43. The average molecular weight is 183 g/mol. The van der Waals surface area contributed by atoms with Crippen molar-refractivity contribution in [1.82, 2.24) is 5.32 Å². The van der Waals surface area contributed by atoms with Crippen molar-refractivity contribution < 1.29 is 4.74 Å². The van der Waals surface area contributed by atoms with Gasteiger partial charge in [0.05, 0.1) is 13.2 Å². The van der Waals surface area contributed by atoms with Crippen molar-refractivity contribution in [3.63, 3.8) is 0 Å². The minimum Gasteiger partial charge on any atom is -0.379 e. The first-order chi connectivity index (χ1) is 6.45. The zero-order chi connectivity index (χ0) is 8.93. The van der Waals surface area contributed by atoms with E-state index in [0.717, 1.165) is 25.7 Å². The van der Waals surface area contributed by atoms with Crippen LogP contribution >= 0.6 is 0 Å². The third-order valence-corrected chi connectivity index (χ3v) is 3.40. The first-order valence-corrected chi connectivity index (χ1v) is 5.76. The van der Waals surface area contributed by atoms with Crippen LogP contribution in [0.5, 0.6) is 0 Å². The Morgan fingerprint density at radius 3 is 2.69 bits per heavy atom. The summed E-state index contributed by atoms with van der Waals surface area (Å²) in [6, 6.07) is 0.648. The highest BCUT2D eigenvalue weighted by atomic mass is 16.5. The van der Waals surface area contributed by atoms with E-state index in [-0.39, 0.29) is 0 Å². The summed E-state index contributed by atoms with van der Waals surface area (Å²) < 4.78 is 5.43. The molecule has 0 radical (unpaired) electrons. The summed E-state index contributed by atoms with van der Waals surface area (Å²) in [6.45, 7) is 2.89. The van der Waals surface area contributed by atoms with Crippen LogP contribution in [0.1, 0.15) is 38.5 Å². The van der Waals surface area contributed by atoms with Crippen LogP contribution in [0, 0.1) is 5.92 Å². The molecule has 2 fully saturated rings. The quantitative estimate of drug-likeness (QED) is 0.722. The molecular formula is C11H21NO. The lowest BCUT2D eigenvalue weighted by molar-refractivity contribution is 0.0721. The fraction of sp³-hybridized carbons (Fsp3) is 1.00. The van der Waals surface area contributed by atoms with Crippen molar-refractivity contribution in [3.05, 3.63) is 0 Å². The third kappa shape index (κ3) is 2.96. The Hall–Kier alpha value is -0.0800. The summed E-state index contributed by atoms with van der Waals surface area (Å²) in [7, 11) is 0. The Balaban J connectivity index is 1.60. The molecule has 1 unspecified atom stereocenters. The highest BCUT2D eigenvalue weighted by Gasteiger charge is 2.18. The molecule has 0 amide bonds. The second kappa shape index (κ2) is 4.97. The Labute approximate surface area is 81.0 Å². The molecule has 2 nitrogen and oxygen atoms in total. The van der Waals surface area contributed by atoms with Gasteiger partial charge >= 0.3 is 0 Å². The summed E-state index contributed by atoms with van der Waals surface area (Å²) >= 11 is 0. The minimum absolute atomic E-state index is 0.648. The van der Waals surface area contributed by atoms with Crippen LogP contribution < -0.4 is 5.32 Å². The number of morpholine rings is 1. The molecule has 1 N–H and O–H groups in total. The Morgan fingerprint density at radius 1 is 1.15 bits per heavy atom. The summed E-state index contributed by atoms with van der Waals surface area (Å²) in [6.07, 6.45) is 8.64. The summed E-state index contributed by atoms with van der Waals surface area (Å²) in [4.78, 5) is 0. The van der Waals surface area contributed by atoms with Gasteiger partial charge in [0.15, 0.2) is 0 Å². The van der Waals surface area contributed by atoms with Crippen molar-refractivity contribution in [2.75, 3.05) is 19.8 Å². The highest BCUT2D eigenvalue weighted by molar-refractivity contribution is 4.74. The van der Waals surface area contributed by atoms with Crippen LogP contribution in [-0.2, 0) is 4.74 Å². The van der Waals surface area contributed by atoms with Gasteiger partial charge in [0.2, 0.25) is 0 Å². The Kier molecular flexibility index (Phi) is 3.62. The molecule has 2 rings (SSSR count). The van der Waals surface area contributed by atoms with Gasteiger partial charge in [-0.2, -0.15) is 0 Å². The van der Waals surface area contributed by atoms with E-state index >= 15 is 0 Å². The molecule has 1 aliphatic carbocycles. The van der Waals surface area contributed by atoms with Gasteiger partial charge < -0.3 is 10.1 Å². The van der Waals surface area contributed by atoms with Crippen molar-refractivity contribution in [2.24, 2.45) is 5.92 Å². The van der Waals surface area contributed by atoms with Crippen LogP contribution in [-0.4, -0.2) is 25.8 Å². The third-order valence-electron chi connectivity index (χ3n) is 3.40. The van der Waals surface area contributed by atoms with Crippen LogP contribution in [0.25, 0.3) is 0 Å². The molecular weight excluding hydrogens is 162 g/mol. The molecule has 2 aliphatic rings. The van der Waals surface area contributed by atoms with E-state index in [2.05, 4.69) is 5.32 Å². The second-order valence-corrected chi connectivity index (χ2v) is 4.45. The first-order valence-electron chi connectivity index (χ1n) is 5.76. The van der Waals surface area contributed by atoms with Crippen molar-refractivity contribution in [3.8, 4) is 0 Å². The topological polar surface area (TPSA) is 21.3 Å². The fourth-order valence-corrected chi connectivity index (χ4v) is 2.54. The SMILES string of the molecule is C1CCC(CCC2COCCN2)C1. The maximum Gasteiger partial charge on any atom is 0.0620 e. The van der Waals surface area contributed by atoms with E-state index in [1.165, 1.54) is 38.5 Å². The molecule has 0 spiro atoms. The van der Waals surface area contributed by atoms with Gasteiger partial charge in [0, 0.05) is 12.6 Å². The van der Waals surface area contributed by atoms with Gasteiger partial charge in [-0.3, -0.25) is 0 Å². The van der Waals surface area contributed by atoms with Gasteiger partial charge in [-0.05, 0) is 18.8 Å². The highest BCUT2D eigenvalue weighted by Crippen LogP contribution is 2.29. The van der Waals surface area contributed by atoms with Gasteiger partial charge in [0.25, 0.3) is 0 Å². The van der Waals surface area contributed by atoms with Gasteiger partial charge in [-0.25, -0.2) is 0 Å². The normalized spacial score (nSPS) is 30.9. The first kappa shape index (κ1) is 9.47. The molecule has 1 saturated heterocycles. The maximum atomic E-state index is 5.43. The lowest BCUT2D eigenvalue weighted by atomic mass is 9.98. The lowest BCUT2D eigenvalue weighted by Crippen LogP contribution is -2.41. The average Bonchev–Trinajstić information content (AvgIpc) is 2.69. The Morgan fingerprint density at radius 2 is 2.00 bits per heavy atom. The molecule has 1 heterocycles. The fourth-order valence-electron chi connectivity index (χ4n) is 2.54. The summed E-state index contributed by atoms with van der Waals surface area (Å²) in [5, 5.41) is 3.52. The molecule has 0 bridgehead atoms. The van der Waals surface area contributed by atoms with E-state index in [0.29, 0.717) is 6.04 Å². The van der Waals surface area contributed by atoms with E-state index < -0.39 is 0 Å². The molecule has 0 aromatic rings.